The van der Waals surface area contributed by atoms with Gasteiger partial charge < -0.3 is 9.15 Å². The first kappa shape index (κ1) is 18.2. The second kappa shape index (κ2) is 7.46. The number of amides is 1. The van der Waals surface area contributed by atoms with Crippen LogP contribution in [0.4, 0.5) is 5.13 Å². The second-order valence-electron chi connectivity index (χ2n) is 5.83. The van der Waals surface area contributed by atoms with Crippen LogP contribution in [0.15, 0.2) is 63.1 Å². The molecule has 0 spiro atoms. The van der Waals surface area contributed by atoms with Crippen LogP contribution in [-0.4, -0.2) is 18.0 Å². The quantitative estimate of drug-likeness (QED) is 0.485. The first-order valence-corrected chi connectivity index (χ1v) is 9.44. The van der Waals surface area contributed by atoms with Gasteiger partial charge in [0.1, 0.15) is 5.56 Å². The summed E-state index contributed by atoms with van der Waals surface area (Å²) in [6.45, 7) is 0. The van der Waals surface area contributed by atoms with Gasteiger partial charge in [0.15, 0.2) is 16.5 Å². The van der Waals surface area contributed by atoms with Crippen molar-refractivity contribution in [3.05, 3.63) is 74.9 Å². The van der Waals surface area contributed by atoms with E-state index < -0.39 is 11.5 Å². The summed E-state index contributed by atoms with van der Waals surface area (Å²) in [5, 5.41) is 6.05. The SMILES string of the molecule is COc1cccc2cc(C(=O)Nc3nc(-c4ccc(Cl)cc4)cs3)c(=O)oc12. The van der Waals surface area contributed by atoms with Gasteiger partial charge in [-0.1, -0.05) is 35.9 Å². The highest BCUT2D eigenvalue weighted by Crippen LogP contribution is 2.27. The fraction of sp³-hybridized carbons (Fsp3) is 0.0500. The van der Waals surface area contributed by atoms with Gasteiger partial charge in [-0.15, -0.1) is 11.3 Å². The Balaban J connectivity index is 1.61. The number of nitrogens with zero attached hydrogens (tertiary/aromatic N) is 1. The molecule has 0 bridgehead atoms. The van der Waals surface area contributed by atoms with Crippen molar-refractivity contribution in [1.29, 1.82) is 0 Å². The smallest absolute Gasteiger partial charge is 0.349 e. The molecule has 4 rings (SSSR count). The van der Waals surface area contributed by atoms with E-state index >= 15 is 0 Å². The predicted octanol–water partition coefficient (Wildman–Crippen LogP) is 4.83. The van der Waals surface area contributed by atoms with Crippen molar-refractivity contribution in [3.63, 3.8) is 0 Å². The Morgan fingerprint density at radius 2 is 2.00 bits per heavy atom. The van der Waals surface area contributed by atoms with E-state index in [0.717, 1.165) is 5.56 Å². The molecule has 6 nitrogen and oxygen atoms in total. The number of aromatic nitrogens is 1. The van der Waals surface area contributed by atoms with Crippen LogP contribution in [0.1, 0.15) is 10.4 Å². The second-order valence-corrected chi connectivity index (χ2v) is 7.12. The minimum absolute atomic E-state index is 0.107. The summed E-state index contributed by atoms with van der Waals surface area (Å²) in [5.41, 5.74) is 1.02. The van der Waals surface area contributed by atoms with Crippen LogP contribution in [0.5, 0.6) is 5.75 Å². The molecule has 8 heteroatoms. The van der Waals surface area contributed by atoms with Crippen LogP contribution in [0.2, 0.25) is 5.02 Å². The van der Waals surface area contributed by atoms with Gasteiger partial charge in [-0.05, 0) is 24.3 Å². The first-order chi connectivity index (χ1) is 13.5. The number of thiazole rings is 1. The van der Waals surface area contributed by atoms with Gasteiger partial charge in [0.05, 0.1) is 12.8 Å². The van der Waals surface area contributed by atoms with Crippen molar-refractivity contribution >= 4 is 44.9 Å². The third kappa shape index (κ3) is 3.49. The molecule has 0 fully saturated rings. The number of methoxy groups -OCH3 is 1. The Morgan fingerprint density at radius 1 is 1.21 bits per heavy atom. The molecular formula is C20H13ClN2O4S. The van der Waals surface area contributed by atoms with Crippen LogP contribution >= 0.6 is 22.9 Å². The number of para-hydroxylation sites is 1. The number of nitrogens with one attached hydrogen (secondary N) is 1. The lowest BCUT2D eigenvalue weighted by Crippen LogP contribution is -2.20. The zero-order valence-electron chi connectivity index (χ0n) is 14.6. The molecule has 0 aliphatic rings. The summed E-state index contributed by atoms with van der Waals surface area (Å²) in [4.78, 5) is 29.2. The van der Waals surface area contributed by atoms with Crippen molar-refractivity contribution < 1.29 is 13.9 Å². The predicted molar refractivity (Wildman–Crippen MR) is 110 cm³/mol. The molecule has 0 aliphatic heterocycles. The van der Waals surface area contributed by atoms with Crippen molar-refractivity contribution in [2.45, 2.75) is 0 Å². The molecule has 140 valence electrons. The monoisotopic (exact) mass is 412 g/mol. The molecule has 2 aromatic carbocycles. The highest BCUT2D eigenvalue weighted by molar-refractivity contribution is 7.14. The van der Waals surface area contributed by atoms with Gasteiger partial charge in [0.25, 0.3) is 5.91 Å². The summed E-state index contributed by atoms with van der Waals surface area (Å²) in [7, 11) is 1.48. The maximum absolute atomic E-state index is 12.6. The number of halogens is 1. The summed E-state index contributed by atoms with van der Waals surface area (Å²) >= 11 is 7.15. The standard InChI is InChI=1S/C20H13ClN2O4S/c1-26-16-4-2-3-12-9-14(19(25)27-17(12)16)18(24)23-20-22-15(10-28-20)11-5-7-13(21)8-6-11/h2-10H,1H3,(H,22,23,24). The molecule has 0 aliphatic carbocycles. The largest absolute Gasteiger partial charge is 0.493 e. The van der Waals surface area contributed by atoms with Crippen molar-refractivity contribution in [3.8, 4) is 17.0 Å². The van der Waals surface area contributed by atoms with E-state index in [2.05, 4.69) is 10.3 Å². The Labute approximate surface area is 168 Å². The number of carbonyl (C=O) groups is 1. The van der Waals surface area contributed by atoms with E-state index in [-0.39, 0.29) is 5.56 Å². The molecular weight excluding hydrogens is 400 g/mol. The van der Waals surface area contributed by atoms with E-state index in [1.54, 1.807) is 30.3 Å². The average Bonchev–Trinajstić information content (AvgIpc) is 3.16. The molecule has 0 saturated heterocycles. The van der Waals surface area contributed by atoms with Crippen molar-refractivity contribution in [2.24, 2.45) is 0 Å². The highest BCUT2D eigenvalue weighted by atomic mass is 35.5. The number of benzene rings is 2. The van der Waals surface area contributed by atoms with Gasteiger partial charge in [-0.2, -0.15) is 0 Å². The normalized spacial score (nSPS) is 10.8. The zero-order valence-corrected chi connectivity index (χ0v) is 16.1. The van der Waals surface area contributed by atoms with E-state index in [4.69, 9.17) is 20.8 Å². The average molecular weight is 413 g/mol. The lowest BCUT2D eigenvalue weighted by molar-refractivity contribution is 0.102. The lowest BCUT2D eigenvalue weighted by Gasteiger charge is -2.05. The third-order valence-corrected chi connectivity index (χ3v) is 5.06. The molecule has 0 atom stereocenters. The van der Waals surface area contributed by atoms with E-state index in [1.165, 1.54) is 24.5 Å². The number of hydrogen-bond acceptors (Lipinski definition) is 6. The summed E-state index contributed by atoms with van der Waals surface area (Å²) in [6.07, 6.45) is 0. The molecule has 4 aromatic rings. The maximum atomic E-state index is 12.6. The van der Waals surface area contributed by atoms with Gasteiger partial charge in [-0.3, -0.25) is 10.1 Å². The van der Waals surface area contributed by atoms with Crippen molar-refractivity contribution in [1.82, 2.24) is 4.98 Å². The fourth-order valence-electron chi connectivity index (χ4n) is 2.69. The van der Waals surface area contributed by atoms with Crippen molar-refractivity contribution in [2.75, 3.05) is 12.4 Å². The third-order valence-electron chi connectivity index (χ3n) is 4.05. The van der Waals surface area contributed by atoms with Crippen LogP contribution in [0.3, 0.4) is 0 Å². The molecule has 0 saturated carbocycles. The molecule has 28 heavy (non-hydrogen) atoms. The molecule has 0 unspecified atom stereocenters. The van der Waals surface area contributed by atoms with Gasteiger partial charge in [0, 0.05) is 21.4 Å². The Hall–Kier alpha value is -3.16. The Kier molecular flexibility index (Phi) is 4.85. The highest BCUT2D eigenvalue weighted by Gasteiger charge is 2.17. The topological polar surface area (TPSA) is 81.4 Å². The maximum Gasteiger partial charge on any atom is 0.349 e. The number of anilines is 1. The number of ether oxygens (including phenoxy) is 1. The van der Waals surface area contributed by atoms with Gasteiger partial charge in [0.2, 0.25) is 0 Å². The summed E-state index contributed by atoms with van der Waals surface area (Å²) < 4.78 is 10.5. The fourth-order valence-corrected chi connectivity index (χ4v) is 3.53. The molecule has 1 amide bonds. The van der Waals surface area contributed by atoms with Crippen LogP contribution in [0.25, 0.3) is 22.2 Å². The molecule has 0 radical (unpaired) electrons. The minimum Gasteiger partial charge on any atom is -0.493 e. The number of carbonyl (C=O) groups excluding carboxylic acids is 1. The van der Waals surface area contributed by atoms with Gasteiger partial charge >= 0.3 is 5.63 Å². The summed E-state index contributed by atoms with van der Waals surface area (Å²) in [6, 6.07) is 13.9. The zero-order chi connectivity index (χ0) is 19.7. The van der Waals surface area contributed by atoms with E-state index in [9.17, 15) is 9.59 Å². The Morgan fingerprint density at radius 3 is 2.75 bits per heavy atom. The van der Waals surface area contributed by atoms with E-state index in [1.807, 2.05) is 17.5 Å². The van der Waals surface area contributed by atoms with Gasteiger partial charge in [-0.25, -0.2) is 9.78 Å². The number of rotatable bonds is 4. The van der Waals surface area contributed by atoms with Crippen LogP contribution in [-0.2, 0) is 0 Å². The molecule has 2 aromatic heterocycles. The number of hydrogen-bond donors (Lipinski definition) is 1. The number of fused-ring (bicyclic) bond motifs is 1. The summed E-state index contributed by atoms with van der Waals surface area (Å²) in [5.74, 6) is -0.162. The first-order valence-electron chi connectivity index (χ1n) is 8.19. The van der Waals surface area contributed by atoms with Crippen LogP contribution in [0, 0.1) is 0 Å². The molecule has 1 N–H and O–H groups in total. The molecule has 2 heterocycles. The minimum atomic E-state index is -0.746. The van der Waals surface area contributed by atoms with Crippen LogP contribution < -0.4 is 15.7 Å². The van der Waals surface area contributed by atoms with E-state index in [0.29, 0.717) is 32.6 Å². The Bertz CT molecular complexity index is 1230. The lowest BCUT2D eigenvalue weighted by atomic mass is 10.1.